The third kappa shape index (κ3) is 1.96. The number of nitrogen functional groups attached to an aromatic ring is 1. The second-order valence-electron chi connectivity index (χ2n) is 3.81. The van der Waals surface area contributed by atoms with Crippen LogP contribution in [-0.2, 0) is 0 Å². The molecule has 6 heteroatoms. The van der Waals surface area contributed by atoms with Crippen molar-refractivity contribution >= 4 is 40.1 Å². The Morgan fingerprint density at radius 2 is 2.11 bits per heavy atom. The fraction of sp³-hybridized carbons (Fsp3) is 0. The molecule has 0 unspecified atom stereocenters. The largest absolute Gasteiger partial charge is 0.368 e. The number of rotatable bonds is 2. The molecule has 2 heterocycles. The summed E-state index contributed by atoms with van der Waals surface area (Å²) in [4.78, 5) is 11.3. The zero-order valence-corrected chi connectivity index (χ0v) is 10.1. The van der Waals surface area contributed by atoms with E-state index in [-0.39, 0.29) is 5.95 Å². The van der Waals surface area contributed by atoms with Crippen LogP contribution in [0.2, 0.25) is 5.02 Å². The summed E-state index contributed by atoms with van der Waals surface area (Å²) in [5.74, 6) is 0.871. The second-order valence-corrected chi connectivity index (χ2v) is 4.24. The van der Waals surface area contributed by atoms with Crippen molar-refractivity contribution < 1.29 is 0 Å². The Morgan fingerprint density at radius 3 is 2.94 bits per heavy atom. The van der Waals surface area contributed by atoms with Crippen LogP contribution < -0.4 is 11.1 Å². The van der Waals surface area contributed by atoms with Crippen LogP contribution in [-0.4, -0.2) is 15.0 Å². The molecule has 0 spiro atoms. The standard InChI is InChI=1S/C12H10ClN5/c13-7-2-1-3-8(6-7)16-11-9-4-5-15-10(9)17-12(14)18-11/h1-6H,(H4,14,15,16,17,18). The van der Waals surface area contributed by atoms with Crippen molar-refractivity contribution in [3.8, 4) is 0 Å². The fourth-order valence-corrected chi connectivity index (χ4v) is 1.95. The van der Waals surface area contributed by atoms with E-state index in [0.717, 1.165) is 11.1 Å². The van der Waals surface area contributed by atoms with Crippen LogP contribution in [0.5, 0.6) is 0 Å². The van der Waals surface area contributed by atoms with Crippen LogP contribution >= 0.6 is 11.6 Å². The zero-order chi connectivity index (χ0) is 12.5. The highest BCUT2D eigenvalue weighted by molar-refractivity contribution is 6.30. The Kier molecular flexibility index (Phi) is 2.53. The van der Waals surface area contributed by atoms with Crippen molar-refractivity contribution in [2.24, 2.45) is 0 Å². The SMILES string of the molecule is Nc1nc(Nc2cccc(Cl)c2)c2cc[nH]c2n1. The molecular weight excluding hydrogens is 250 g/mol. The fourth-order valence-electron chi connectivity index (χ4n) is 1.76. The maximum atomic E-state index is 5.94. The Bertz CT molecular complexity index is 707. The van der Waals surface area contributed by atoms with Gasteiger partial charge in [0, 0.05) is 16.9 Å². The lowest BCUT2D eigenvalue weighted by Crippen LogP contribution is -2.00. The smallest absolute Gasteiger partial charge is 0.224 e. The van der Waals surface area contributed by atoms with Gasteiger partial charge in [-0.05, 0) is 24.3 Å². The van der Waals surface area contributed by atoms with Gasteiger partial charge in [0.05, 0.1) is 5.39 Å². The van der Waals surface area contributed by atoms with E-state index < -0.39 is 0 Å². The van der Waals surface area contributed by atoms with Crippen LogP contribution in [0.4, 0.5) is 17.5 Å². The molecule has 0 aliphatic carbocycles. The molecular formula is C12H10ClN5. The topological polar surface area (TPSA) is 79.6 Å². The Labute approximate surface area is 108 Å². The summed E-state index contributed by atoms with van der Waals surface area (Å²) in [5, 5.41) is 4.72. The quantitative estimate of drug-likeness (QED) is 0.661. The van der Waals surface area contributed by atoms with E-state index in [2.05, 4.69) is 20.3 Å². The lowest BCUT2D eigenvalue weighted by molar-refractivity contribution is 1.21. The molecule has 0 fully saturated rings. The Hall–Kier alpha value is -2.27. The number of anilines is 3. The maximum Gasteiger partial charge on any atom is 0.224 e. The number of benzene rings is 1. The monoisotopic (exact) mass is 259 g/mol. The number of nitrogens with two attached hydrogens (primary N) is 1. The molecule has 0 amide bonds. The van der Waals surface area contributed by atoms with E-state index >= 15 is 0 Å². The van der Waals surface area contributed by atoms with Gasteiger partial charge < -0.3 is 16.0 Å². The molecule has 0 saturated heterocycles. The average molecular weight is 260 g/mol. The van der Waals surface area contributed by atoms with Crippen molar-refractivity contribution in [2.45, 2.75) is 0 Å². The summed E-state index contributed by atoms with van der Waals surface area (Å²) >= 11 is 5.94. The van der Waals surface area contributed by atoms with E-state index in [1.165, 1.54) is 0 Å². The van der Waals surface area contributed by atoms with Gasteiger partial charge in [0.15, 0.2) is 0 Å². The van der Waals surface area contributed by atoms with Gasteiger partial charge in [-0.3, -0.25) is 0 Å². The van der Waals surface area contributed by atoms with Gasteiger partial charge in [-0.2, -0.15) is 9.97 Å². The average Bonchev–Trinajstić information content (AvgIpc) is 2.77. The van der Waals surface area contributed by atoms with E-state index in [4.69, 9.17) is 17.3 Å². The van der Waals surface area contributed by atoms with Crippen LogP contribution in [0.15, 0.2) is 36.5 Å². The molecule has 3 rings (SSSR count). The maximum absolute atomic E-state index is 5.94. The molecule has 0 bridgehead atoms. The highest BCUT2D eigenvalue weighted by Crippen LogP contribution is 2.25. The van der Waals surface area contributed by atoms with Gasteiger partial charge in [0.25, 0.3) is 0 Å². The van der Waals surface area contributed by atoms with E-state index in [1.807, 2.05) is 30.3 Å². The molecule has 0 atom stereocenters. The lowest BCUT2D eigenvalue weighted by atomic mass is 10.3. The number of hydrogen-bond donors (Lipinski definition) is 3. The summed E-state index contributed by atoms with van der Waals surface area (Å²) in [5.41, 5.74) is 7.21. The third-order valence-electron chi connectivity index (χ3n) is 2.52. The van der Waals surface area contributed by atoms with Gasteiger partial charge >= 0.3 is 0 Å². The van der Waals surface area contributed by atoms with Gasteiger partial charge in [-0.1, -0.05) is 17.7 Å². The minimum absolute atomic E-state index is 0.217. The van der Waals surface area contributed by atoms with E-state index in [1.54, 1.807) is 6.20 Å². The van der Waals surface area contributed by atoms with E-state index in [9.17, 15) is 0 Å². The summed E-state index contributed by atoms with van der Waals surface area (Å²) in [6.07, 6.45) is 1.79. The van der Waals surface area contributed by atoms with Crippen molar-refractivity contribution in [1.82, 2.24) is 15.0 Å². The van der Waals surface area contributed by atoms with Gasteiger partial charge in [-0.25, -0.2) is 0 Å². The first-order valence-corrected chi connectivity index (χ1v) is 5.73. The summed E-state index contributed by atoms with van der Waals surface area (Å²) in [6.45, 7) is 0. The van der Waals surface area contributed by atoms with Crippen LogP contribution in [0.25, 0.3) is 11.0 Å². The molecule has 90 valence electrons. The summed E-state index contributed by atoms with van der Waals surface area (Å²) in [6, 6.07) is 9.29. The normalized spacial score (nSPS) is 10.7. The molecule has 18 heavy (non-hydrogen) atoms. The van der Waals surface area contributed by atoms with Crippen molar-refractivity contribution in [3.63, 3.8) is 0 Å². The summed E-state index contributed by atoms with van der Waals surface area (Å²) < 4.78 is 0. The number of nitrogens with one attached hydrogen (secondary N) is 2. The Morgan fingerprint density at radius 1 is 1.22 bits per heavy atom. The van der Waals surface area contributed by atoms with Crippen molar-refractivity contribution in [1.29, 1.82) is 0 Å². The number of aromatic nitrogens is 3. The Balaban J connectivity index is 2.06. The van der Waals surface area contributed by atoms with Crippen LogP contribution in [0.1, 0.15) is 0 Å². The number of hydrogen-bond acceptors (Lipinski definition) is 4. The molecule has 5 nitrogen and oxygen atoms in total. The minimum atomic E-state index is 0.217. The van der Waals surface area contributed by atoms with Gasteiger partial charge in [0.1, 0.15) is 11.5 Å². The lowest BCUT2D eigenvalue weighted by Gasteiger charge is -2.07. The van der Waals surface area contributed by atoms with Crippen LogP contribution in [0, 0.1) is 0 Å². The molecule has 0 saturated carbocycles. The first kappa shape index (κ1) is 10.9. The number of H-pyrrole nitrogens is 1. The minimum Gasteiger partial charge on any atom is -0.368 e. The summed E-state index contributed by atoms with van der Waals surface area (Å²) in [7, 11) is 0. The zero-order valence-electron chi connectivity index (χ0n) is 9.31. The second kappa shape index (κ2) is 4.19. The number of nitrogens with zero attached hydrogens (tertiary/aromatic N) is 2. The third-order valence-corrected chi connectivity index (χ3v) is 2.76. The van der Waals surface area contributed by atoms with Gasteiger partial charge in [0.2, 0.25) is 5.95 Å². The molecule has 0 radical (unpaired) electrons. The van der Waals surface area contributed by atoms with Crippen LogP contribution in [0.3, 0.4) is 0 Å². The predicted octanol–water partition coefficient (Wildman–Crippen LogP) is 2.94. The van der Waals surface area contributed by atoms with E-state index in [0.29, 0.717) is 16.5 Å². The first-order valence-electron chi connectivity index (χ1n) is 5.35. The molecule has 3 aromatic rings. The van der Waals surface area contributed by atoms with Crippen molar-refractivity contribution in [3.05, 3.63) is 41.6 Å². The number of fused-ring (bicyclic) bond motifs is 1. The molecule has 4 N–H and O–H groups in total. The molecule has 0 aliphatic rings. The van der Waals surface area contributed by atoms with Gasteiger partial charge in [-0.15, -0.1) is 0 Å². The predicted molar refractivity (Wildman–Crippen MR) is 73.0 cm³/mol. The highest BCUT2D eigenvalue weighted by atomic mass is 35.5. The highest BCUT2D eigenvalue weighted by Gasteiger charge is 2.07. The molecule has 0 aliphatic heterocycles. The van der Waals surface area contributed by atoms with Crippen molar-refractivity contribution in [2.75, 3.05) is 11.1 Å². The molecule has 1 aromatic carbocycles. The first-order chi connectivity index (χ1) is 8.72. The molecule has 2 aromatic heterocycles. The number of halogens is 1. The number of aromatic amines is 1.